The van der Waals surface area contributed by atoms with Crippen molar-refractivity contribution < 1.29 is 27.4 Å². The minimum Gasteiger partial charge on any atom is -0.494 e. The number of hydrogen-bond acceptors (Lipinski definition) is 10. The van der Waals surface area contributed by atoms with Gasteiger partial charge in [-0.2, -0.15) is 0 Å². The van der Waals surface area contributed by atoms with Crippen LogP contribution in [0.5, 0.6) is 5.75 Å². The summed E-state index contributed by atoms with van der Waals surface area (Å²) in [5, 5.41) is 10.8. The predicted octanol–water partition coefficient (Wildman–Crippen LogP) is 2.79. The first-order valence-corrected chi connectivity index (χ1v) is 12.4. The fraction of sp³-hybridized carbons (Fsp3) is 0.391. The van der Waals surface area contributed by atoms with Gasteiger partial charge in [0.15, 0.2) is 23.0 Å². The standard InChI is InChI=1S/C23H24F4N8O2S/c1-37-15-6-12(24)11(5-13(15)25)21-33-14(7-35-10-32-16-19(28)30-9-31-20(16)35)22(38-21)34-4-2-3-23(29,8-34)17(36)18(26)27/h5-6,9-10,17-18,36H,2-4,7-8,29H2,1H3,(H2,28,30,31)/t17?,23-/m1/s1. The van der Waals surface area contributed by atoms with E-state index >= 15 is 0 Å². The molecule has 2 atom stereocenters. The van der Waals surface area contributed by atoms with Gasteiger partial charge in [0.1, 0.15) is 33.8 Å². The summed E-state index contributed by atoms with van der Waals surface area (Å²) in [7, 11) is 1.23. The molecule has 1 aromatic carbocycles. The summed E-state index contributed by atoms with van der Waals surface area (Å²) in [4.78, 5) is 18.7. The Labute approximate surface area is 217 Å². The molecule has 5 rings (SSSR count). The Morgan fingerprint density at radius 2 is 2.00 bits per heavy atom. The van der Waals surface area contributed by atoms with E-state index < -0.39 is 29.7 Å². The quantitative estimate of drug-likeness (QED) is 0.295. The number of alkyl halides is 2. The Balaban J connectivity index is 1.59. The number of aliphatic hydroxyl groups excluding tert-OH is 1. The SMILES string of the molecule is COc1cc(F)c(-c2nc(Cn3cnc4c(N)ncnc43)c(N3CCC[C@](N)(C(O)C(F)F)C3)s2)cc1F. The molecule has 0 bridgehead atoms. The molecule has 0 aliphatic carbocycles. The second-order valence-electron chi connectivity index (χ2n) is 9.08. The number of thiazole rings is 1. The highest BCUT2D eigenvalue weighted by Crippen LogP contribution is 2.40. The van der Waals surface area contributed by atoms with Gasteiger partial charge in [0, 0.05) is 24.7 Å². The van der Waals surface area contributed by atoms with Gasteiger partial charge in [-0.15, -0.1) is 0 Å². The van der Waals surface area contributed by atoms with Crippen molar-refractivity contribution in [2.45, 2.75) is 37.5 Å². The summed E-state index contributed by atoms with van der Waals surface area (Å²) in [6.07, 6.45) is -1.65. The first kappa shape index (κ1) is 26.1. The molecule has 38 heavy (non-hydrogen) atoms. The molecule has 1 aliphatic rings. The number of halogens is 4. The van der Waals surface area contributed by atoms with Gasteiger partial charge in [0.25, 0.3) is 6.43 Å². The number of nitrogens with zero attached hydrogens (tertiary/aromatic N) is 6. The Hall–Kier alpha value is -3.56. The number of fused-ring (bicyclic) bond motifs is 1. The highest BCUT2D eigenvalue weighted by Gasteiger charge is 2.43. The maximum Gasteiger partial charge on any atom is 0.265 e. The van der Waals surface area contributed by atoms with E-state index in [2.05, 4.69) is 19.9 Å². The first-order valence-electron chi connectivity index (χ1n) is 11.6. The molecule has 0 radical (unpaired) electrons. The molecule has 0 amide bonds. The van der Waals surface area contributed by atoms with Crippen LogP contribution in [0.3, 0.4) is 0 Å². The molecular weight excluding hydrogens is 528 g/mol. The van der Waals surface area contributed by atoms with Crippen molar-refractivity contribution in [3.63, 3.8) is 0 Å². The van der Waals surface area contributed by atoms with Crippen LogP contribution in [0.15, 0.2) is 24.8 Å². The van der Waals surface area contributed by atoms with Gasteiger partial charge in [0.2, 0.25) is 0 Å². The number of imidazole rings is 1. The average molecular weight is 553 g/mol. The molecule has 4 heterocycles. The van der Waals surface area contributed by atoms with Crippen LogP contribution in [0, 0.1) is 11.6 Å². The number of hydrogen-bond donors (Lipinski definition) is 3. The van der Waals surface area contributed by atoms with Crippen molar-refractivity contribution in [2.75, 3.05) is 30.8 Å². The molecule has 0 spiro atoms. The third-order valence-electron chi connectivity index (χ3n) is 6.57. The lowest BCUT2D eigenvalue weighted by molar-refractivity contribution is -0.0529. The van der Waals surface area contributed by atoms with E-state index in [1.165, 1.54) is 19.8 Å². The number of nitrogen functional groups attached to an aromatic ring is 1. The van der Waals surface area contributed by atoms with Gasteiger partial charge in [0.05, 0.1) is 31.2 Å². The Bertz CT molecular complexity index is 1480. The van der Waals surface area contributed by atoms with Crippen molar-refractivity contribution in [1.29, 1.82) is 0 Å². The number of aromatic nitrogens is 5. The molecule has 1 aliphatic heterocycles. The van der Waals surface area contributed by atoms with E-state index in [0.29, 0.717) is 34.8 Å². The Kier molecular flexibility index (Phi) is 6.83. The number of nitrogens with two attached hydrogens (primary N) is 2. The van der Waals surface area contributed by atoms with Crippen LogP contribution in [-0.4, -0.2) is 67.9 Å². The molecule has 1 saturated heterocycles. The Morgan fingerprint density at radius 1 is 1.21 bits per heavy atom. The molecule has 10 nitrogen and oxygen atoms in total. The van der Waals surface area contributed by atoms with Crippen LogP contribution >= 0.6 is 11.3 Å². The monoisotopic (exact) mass is 552 g/mol. The molecule has 202 valence electrons. The minimum atomic E-state index is -3.02. The number of methoxy groups -OCH3 is 1. The second kappa shape index (κ2) is 9.96. The fourth-order valence-electron chi connectivity index (χ4n) is 4.61. The zero-order valence-electron chi connectivity index (χ0n) is 20.1. The van der Waals surface area contributed by atoms with Crippen LogP contribution in [0.1, 0.15) is 18.5 Å². The van der Waals surface area contributed by atoms with Crippen molar-refractivity contribution in [2.24, 2.45) is 5.73 Å². The highest BCUT2D eigenvalue weighted by molar-refractivity contribution is 7.19. The van der Waals surface area contributed by atoms with Gasteiger partial charge >= 0.3 is 0 Å². The molecule has 1 fully saturated rings. The predicted molar refractivity (Wildman–Crippen MR) is 133 cm³/mol. The van der Waals surface area contributed by atoms with Crippen molar-refractivity contribution >= 4 is 33.3 Å². The van der Waals surface area contributed by atoms with E-state index in [0.717, 1.165) is 23.5 Å². The lowest BCUT2D eigenvalue weighted by Gasteiger charge is -2.43. The van der Waals surface area contributed by atoms with Crippen LogP contribution in [-0.2, 0) is 6.54 Å². The largest absolute Gasteiger partial charge is 0.494 e. The zero-order valence-corrected chi connectivity index (χ0v) is 20.9. The van der Waals surface area contributed by atoms with Crippen LogP contribution in [0.2, 0.25) is 0 Å². The van der Waals surface area contributed by atoms with Gasteiger partial charge < -0.3 is 30.8 Å². The summed E-state index contributed by atoms with van der Waals surface area (Å²) in [6.45, 7) is 0.444. The van der Waals surface area contributed by atoms with E-state index in [4.69, 9.17) is 16.2 Å². The van der Waals surface area contributed by atoms with E-state index in [1.807, 2.05) is 0 Å². The molecule has 5 N–H and O–H groups in total. The van der Waals surface area contributed by atoms with Crippen LogP contribution < -0.4 is 21.1 Å². The molecule has 15 heteroatoms. The maximum absolute atomic E-state index is 15.0. The third-order valence-corrected chi connectivity index (χ3v) is 7.76. The summed E-state index contributed by atoms with van der Waals surface area (Å²) in [5.74, 6) is -1.58. The number of aliphatic hydroxyl groups is 1. The van der Waals surface area contributed by atoms with Crippen molar-refractivity contribution in [3.05, 3.63) is 42.1 Å². The summed E-state index contributed by atoms with van der Waals surface area (Å²) < 4.78 is 62.7. The third kappa shape index (κ3) is 4.61. The molecule has 3 aromatic heterocycles. The number of ether oxygens (including phenoxy) is 1. The molecule has 1 unspecified atom stereocenters. The topological polar surface area (TPSA) is 141 Å². The maximum atomic E-state index is 15.0. The molecular formula is C23H24F4N8O2S. The van der Waals surface area contributed by atoms with E-state index in [1.54, 1.807) is 9.47 Å². The molecule has 0 saturated carbocycles. The fourth-order valence-corrected chi connectivity index (χ4v) is 5.73. The number of anilines is 2. The Morgan fingerprint density at radius 3 is 2.74 bits per heavy atom. The number of benzene rings is 1. The average Bonchev–Trinajstić information content (AvgIpc) is 3.50. The van der Waals surface area contributed by atoms with E-state index in [9.17, 15) is 22.7 Å². The molecule has 4 aromatic rings. The van der Waals surface area contributed by atoms with Gasteiger partial charge in [-0.3, -0.25) is 0 Å². The minimum absolute atomic E-state index is 0.0909. The summed E-state index contributed by atoms with van der Waals surface area (Å²) in [5.41, 5.74) is 11.7. The van der Waals surface area contributed by atoms with Crippen LogP contribution in [0.4, 0.5) is 28.4 Å². The lowest BCUT2D eigenvalue weighted by atomic mass is 9.85. The number of rotatable bonds is 7. The number of piperidine rings is 1. The highest BCUT2D eigenvalue weighted by atomic mass is 32.1. The van der Waals surface area contributed by atoms with Gasteiger partial charge in [-0.1, -0.05) is 11.3 Å². The summed E-state index contributed by atoms with van der Waals surface area (Å²) >= 11 is 1.06. The normalized spacial score (nSPS) is 18.9. The van der Waals surface area contributed by atoms with Crippen LogP contribution in [0.25, 0.3) is 21.7 Å². The van der Waals surface area contributed by atoms with E-state index in [-0.39, 0.29) is 41.6 Å². The zero-order chi connectivity index (χ0) is 27.2. The summed E-state index contributed by atoms with van der Waals surface area (Å²) in [6, 6.07) is 1.92. The smallest absolute Gasteiger partial charge is 0.265 e. The lowest BCUT2D eigenvalue weighted by Crippen LogP contribution is -2.63. The first-order chi connectivity index (χ1) is 18.1. The van der Waals surface area contributed by atoms with Gasteiger partial charge in [-0.05, 0) is 18.9 Å². The van der Waals surface area contributed by atoms with Crippen molar-refractivity contribution in [3.8, 4) is 16.3 Å². The second-order valence-corrected chi connectivity index (χ2v) is 10.1. The van der Waals surface area contributed by atoms with Gasteiger partial charge in [-0.25, -0.2) is 37.5 Å². The van der Waals surface area contributed by atoms with Crippen molar-refractivity contribution in [1.82, 2.24) is 24.5 Å².